The van der Waals surface area contributed by atoms with E-state index in [1.165, 1.54) is 24.3 Å². The van der Waals surface area contributed by atoms with E-state index in [1.54, 1.807) is 72.8 Å². The Morgan fingerprint density at radius 1 is 0.667 bits per heavy atom. The molecule has 6 rings (SSSR count). The van der Waals surface area contributed by atoms with Crippen molar-refractivity contribution in [1.82, 2.24) is 0 Å². The second kappa shape index (κ2) is 14.9. The van der Waals surface area contributed by atoms with Crippen molar-refractivity contribution in [3.8, 4) is 11.1 Å². The quantitative estimate of drug-likeness (QED) is 0.0769. The van der Waals surface area contributed by atoms with Gasteiger partial charge in [-0.05, 0) is 47.5 Å². The van der Waals surface area contributed by atoms with Crippen LogP contribution in [0.5, 0.6) is 0 Å². The second-order valence-corrected chi connectivity index (χ2v) is 12.8. The first-order chi connectivity index (χ1) is 21.9. The van der Waals surface area contributed by atoms with Crippen LogP contribution >= 0.6 is 0 Å². The number of rotatable bonds is 7. The van der Waals surface area contributed by atoms with Crippen LogP contribution in [0.1, 0.15) is 15.9 Å². The normalized spacial score (nSPS) is 13.8. The van der Waals surface area contributed by atoms with Gasteiger partial charge >= 0.3 is 59.1 Å². The fourth-order valence-corrected chi connectivity index (χ4v) is 6.33. The summed E-state index contributed by atoms with van der Waals surface area (Å²) in [5.41, 5.74) is 11.6. The predicted molar refractivity (Wildman–Crippen MR) is 172 cm³/mol. The minimum Gasteiger partial charge on any atom is -0.744 e. The molecule has 12 nitrogen and oxygen atoms in total. The fraction of sp³-hybridized carbons (Fsp3) is 0. The van der Waals surface area contributed by atoms with Gasteiger partial charge in [-0.25, -0.2) is 16.8 Å². The predicted octanol–water partition coefficient (Wildman–Crippen LogP) is -0.0330. The molecule has 0 bridgehead atoms. The van der Waals surface area contributed by atoms with Crippen LogP contribution in [0.4, 0.5) is 22.7 Å². The Balaban J connectivity index is 0.00000260. The summed E-state index contributed by atoms with van der Waals surface area (Å²) in [6, 6.07) is 27.4. The molecule has 3 N–H and O–H groups in total. The molecule has 0 spiro atoms. The minimum absolute atomic E-state index is 0. The van der Waals surface area contributed by atoms with E-state index in [9.17, 15) is 30.7 Å². The smallest absolute Gasteiger partial charge is 0.744 e. The molecule has 0 fully saturated rings. The van der Waals surface area contributed by atoms with Crippen molar-refractivity contribution in [2.45, 2.75) is 4.90 Å². The Hall–Kier alpha value is -3.54. The maximum Gasteiger partial charge on any atom is 1.00 e. The number of benzene rings is 5. The van der Waals surface area contributed by atoms with Crippen molar-refractivity contribution >= 4 is 70.2 Å². The number of nitrogens with two attached hydrogens (primary N) is 1. The molecular formula is C32H21N5Na2O7S2. The molecule has 16 heteroatoms. The monoisotopic (exact) mass is 697 g/mol. The average molecular weight is 698 g/mol. The third kappa shape index (κ3) is 7.84. The number of Topliss-reactive ketones (excluding diaryl/α,β-unsaturated/α-hetero) is 1. The molecule has 5 aromatic rings. The molecule has 0 aliphatic heterocycles. The summed E-state index contributed by atoms with van der Waals surface area (Å²) in [6.45, 7) is 0. The van der Waals surface area contributed by atoms with Crippen molar-refractivity contribution < 1.29 is 89.9 Å². The van der Waals surface area contributed by atoms with Crippen LogP contribution in [0.25, 0.3) is 26.8 Å². The number of hydrogen-bond donors (Lipinski definition) is 2. The fourth-order valence-electron chi connectivity index (χ4n) is 4.93. The first-order valence-corrected chi connectivity index (χ1v) is 16.3. The number of carbonyl (C=O) groups is 1. The Morgan fingerprint density at radius 2 is 1.23 bits per heavy atom. The summed E-state index contributed by atoms with van der Waals surface area (Å²) in [5.74, 6) is -0.525. The number of anilines is 2. The number of nitrogens with zero attached hydrogens (tertiary/aromatic N) is 3. The van der Waals surface area contributed by atoms with Gasteiger partial charge in [0, 0.05) is 21.9 Å². The Labute approximate surface area is 319 Å². The number of azo groups is 1. The molecule has 1 aliphatic carbocycles. The molecule has 5 aromatic carbocycles. The maximum absolute atomic E-state index is 12.9. The molecule has 0 saturated heterocycles. The third-order valence-corrected chi connectivity index (χ3v) is 8.92. The van der Waals surface area contributed by atoms with Crippen LogP contribution in [0.2, 0.25) is 0 Å². The zero-order chi connectivity index (χ0) is 32.6. The van der Waals surface area contributed by atoms with Gasteiger partial charge in [0.05, 0.1) is 26.9 Å². The summed E-state index contributed by atoms with van der Waals surface area (Å²) in [6.07, 6.45) is 0.965. The molecule has 0 atom stereocenters. The van der Waals surface area contributed by atoms with Gasteiger partial charge in [-0.1, -0.05) is 72.8 Å². The van der Waals surface area contributed by atoms with E-state index in [0.29, 0.717) is 16.8 Å². The summed E-state index contributed by atoms with van der Waals surface area (Å²) in [4.78, 5) is 11.9. The Kier molecular flexibility index (Phi) is 11.6. The maximum atomic E-state index is 12.9. The van der Waals surface area contributed by atoms with Crippen LogP contribution < -0.4 is 70.3 Å². The first kappa shape index (κ1) is 37.3. The van der Waals surface area contributed by atoms with Gasteiger partial charge in [0.2, 0.25) is 5.78 Å². The van der Waals surface area contributed by atoms with Gasteiger partial charge in [-0.2, -0.15) is 10.2 Å². The molecule has 0 aromatic heterocycles. The molecule has 0 heterocycles. The van der Waals surface area contributed by atoms with E-state index in [4.69, 9.17) is 5.73 Å². The number of hydrogen-bond acceptors (Lipinski definition) is 12. The number of ketones is 1. The van der Waals surface area contributed by atoms with Crippen LogP contribution in [0.3, 0.4) is 0 Å². The van der Waals surface area contributed by atoms with Crippen molar-refractivity contribution in [3.05, 3.63) is 120 Å². The zero-order valence-corrected chi connectivity index (χ0v) is 31.1. The van der Waals surface area contributed by atoms with E-state index in [2.05, 4.69) is 20.8 Å². The summed E-state index contributed by atoms with van der Waals surface area (Å²) in [7, 11) is -9.65. The van der Waals surface area contributed by atoms with Gasteiger partial charge < -0.3 is 14.8 Å². The standard InChI is InChI=1S/C32H23N5O7S2.2Na/c33-31-25-7-3-1-5-23(25)29(45(39,40)41)17-27(31)36-34-21-13-9-19(10-14-21)20-11-15-22(16-12-20)35-37-28-18-30(46(42,43)44)24-6-2-4-8-26(24)32(28)38;;/h1-18,35H,33H2,(H,39,40,41)(H,42,43,44);;/q;2*+1/p-2/b36-34?,37-28+;;. The molecule has 1 aliphatic rings. The molecule has 230 valence electrons. The molecule has 0 saturated carbocycles. The van der Waals surface area contributed by atoms with Gasteiger partial charge in [0.1, 0.15) is 31.6 Å². The Morgan fingerprint density at radius 3 is 1.83 bits per heavy atom. The van der Waals surface area contributed by atoms with E-state index < -0.39 is 35.8 Å². The van der Waals surface area contributed by atoms with E-state index in [0.717, 1.165) is 23.3 Å². The number of nitrogen functional groups attached to an aromatic ring is 1. The second-order valence-electron chi connectivity index (χ2n) is 10.1. The largest absolute Gasteiger partial charge is 1.00 e. The van der Waals surface area contributed by atoms with Gasteiger partial charge in [-0.3, -0.25) is 10.2 Å². The first-order valence-electron chi connectivity index (χ1n) is 13.4. The zero-order valence-electron chi connectivity index (χ0n) is 25.5. The van der Waals surface area contributed by atoms with Crippen LogP contribution in [0, 0.1) is 0 Å². The summed E-state index contributed by atoms with van der Waals surface area (Å²) in [5, 5.41) is 12.9. The summed E-state index contributed by atoms with van der Waals surface area (Å²) < 4.78 is 71.0. The number of nitrogens with one attached hydrogen (secondary N) is 1. The molecule has 0 amide bonds. The SMILES string of the molecule is Nc1c(N=Nc2ccc(-c3ccc(N/N=C4\C=C(S(=O)(=O)[O-])c5ccccc5C4=O)cc3)cc2)cc(S(=O)(=O)[O-])c2ccccc12.[Na+].[Na+]. The molecule has 0 radical (unpaired) electrons. The average Bonchev–Trinajstić information content (AvgIpc) is 3.04. The minimum atomic E-state index is -4.85. The van der Waals surface area contributed by atoms with Crippen LogP contribution in [0.15, 0.2) is 129 Å². The molecule has 48 heavy (non-hydrogen) atoms. The van der Waals surface area contributed by atoms with Crippen molar-refractivity contribution in [3.63, 3.8) is 0 Å². The molecular weight excluding hydrogens is 676 g/mol. The van der Waals surface area contributed by atoms with Gasteiger partial charge in [0.15, 0.2) is 0 Å². The van der Waals surface area contributed by atoms with Crippen molar-refractivity contribution in [2.24, 2.45) is 15.3 Å². The molecule has 0 unspecified atom stereocenters. The van der Waals surface area contributed by atoms with E-state index in [1.807, 2.05) is 0 Å². The Bertz CT molecular complexity index is 2360. The number of allylic oxidation sites excluding steroid dienone is 1. The summed E-state index contributed by atoms with van der Waals surface area (Å²) >= 11 is 0. The van der Waals surface area contributed by atoms with E-state index in [-0.39, 0.29) is 92.7 Å². The number of fused-ring (bicyclic) bond motifs is 2. The number of hydrazone groups is 1. The van der Waals surface area contributed by atoms with Crippen molar-refractivity contribution in [2.75, 3.05) is 11.2 Å². The number of carbonyl (C=O) groups excluding carboxylic acids is 1. The van der Waals surface area contributed by atoms with Gasteiger partial charge in [0.25, 0.3) is 0 Å². The van der Waals surface area contributed by atoms with E-state index >= 15 is 0 Å². The van der Waals surface area contributed by atoms with Crippen molar-refractivity contribution in [1.29, 1.82) is 0 Å². The van der Waals surface area contributed by atoms with Gasteiger partial charge in [-0.15, -0.1) is 5.11 Å². The van der Waals surface area contributed by atoms with Crippen LogP contribution in [-0.2, 0) is 20.2 Å². The van der Waals surface area contributed by atoms with Crippen LogP contribution in [-0.4, -0.2) is 37.4 Å². The topological polar surface area (TPSA) is 207 Å². The third-order valence-electron chi connectivity index (χ3n) is 7.17.